The summed E-state index contributed by atoms with van der Waals surface area (Å²) < 4.78 is 28.2. The van der Waals surface area contributed by atoms with Crippen molar-refractivity contribution in [3.05, 3.63) is 29.8 Å². The van der Waals surface area contributed by atoms with Crippen molar-refractivity contribution in [1.82, 2.24) is 0 Å². The van der Waals surface area contributed by atoms with Crippen molar-refractivity contribution in [3.8, 4) is 5.75 Å². The van der Waals surface area contributed by atoms with Gasteiger partial charge in [0.2, 0.25) is 9.05 Å². The molecule has 1 unspecified atom stereocenters. The van der Waals surface area contributed by atoms with Gasteiger partial charge in [-0.05, 0) is 24.7 Å². The van der Waals surface area contributed by atoms with Gasteiger partial charge in [-0.25, -0.2) is 8.42 Å². The summed E-state index contributed by atoms with van der Waals surface area (Å²) in [5.74, 6) is 2.58. The maximum atomic E-state index is 11.2. The van der Waals surface area contributed by atoms with E-state index in [1.807, 2.05) is 17.8 Å². The lowest BCUT2D eigenvalue weighted by atomic mass is 10.2. The van der Waals surface area contributed by atoms with Crippen molar-refractivity contribution in [1.29, 1.82) is 0 Å². The van der Waals surface area contributed by atoms with Crippen LogP contribution in [0.3, 0.4) is 0 Å². The number of ether oxygens (including phenoxy) is 1. The lowest BCUT2D eigenvalue weighted by Crippen LogP contribution is -2.23. The van der Waals surface area contributed by atoms with Crippen molar-refractivity contribution < 1.29 is 13.2 Å². The van der Waals surface area contributed by atoms with Gasteiger partial charge in [-0.2, -0.15) is 11.8 Å². The Morgan fingerprint density at radius 3 is 2.83 bits per heavy atom. The highest BCUT2D eigenvalue weighted by atomic mass is 35.7. The first-order valence-corrected chi connectivity index (χ1v) is 9.42. The second-order valence-electron chi connectivity index (χ2n) is 4.25. The van der Waals surface area contributed by atoms with E-state index in [4.69, 9.17) is 15.4 Å². The molecule has 1 atom stereocenters. The fourth-order valence-corrected chi connectivity index (χ4v) is 3.91. The summed E-state index contributed by atoms with van der Waals surface area (Å²) in [4.78, 5) is 0. The first-order valence-electron chi connectivity index (χ1n) is 5.79. The summed E-state index contributed by atoms with van der Waals surface area (Å²) in [5, 5.41) is 0. The molecule has 100 valence electrons. The average molecular weight is 307 g/mol. The molecule has 1 fully saturated rings. The van der Waals surface area contributed by atoms with E-state index in [-0.39, 0.29) is 11.9 Å². The molecule has 1 aromatic carbocycles. The number of para-hydroxylation sites is 1. The predicted octanol–water partition coefficient (Wildman–Crippen LogP) is 3.03. The summed E-state index contributed by atoms with van der Waals surface area (Å²) in [6.07, 6.45) is 2.34. The minimum atomic E-state index is -3.55. The van der Waals surface area contributed by atoms with Crippen LogP contribution in [0.25, 0.3) is 0 Å². The van der Waals surface area contributed by atoms with E-state index in [0.29, 0.717) is 11.3 Å². The molecule has 0 radical (unpaired) electrons. The highest BCUT2D eigenvalue weighted by Crippen LogP contribution is 2.27. The second kappa shape index (κ2) is 6.17. The van der Waals surface area contributed by atoms with E-state index in [1.165, 1.54) is 5.75 Å². The van der Waals surface area contributed by atoms with Crippen molar-refractivity contribution in [3.63, 3.8) is 0 Å². The molecular formula is C12H15ClO3S2. The number of rotatable bonds is 4. The van der Waals surface area contributed by atoms with Crippen LogP contribution in [0.15, 0.2) is 24.3 Å². The molecule has 0 aliphatic carbocycles. The van der Waals surface area contributed by atoms with Crippen molar-refractivity contribution in [2.45, 2.75) is 24.7 Å². The third kappa shape index (κ3) is 4.37. The molecular weight excluding hydrogens is 292 g/mol. The van der Waals surface area contributed by atoms with Crippen LogP contribution in [0.5, 0.6) is 5.75 Å². The van der Waals surface area contributed by atoms with Gasteiger partial charge in [-0.3, -0.25) is 0 Å². The standard InChI is InChI=1S/C12H15ClO3S2/c13-18(14,15)9-10-4-1-2-6-12(10)16-11-5-3-7-17-8-11/h1-2,4,6,11H,3,5,7-9H2. The van der Waals surface area contributed by atoms with Crippen LogP contribution in [-0.2, 0) is 14.8 Å². The highest BCUT2D eigenvalue weighted by Gasteiger charge is 2.18. The first-order chi connectivity index (χ1) is 8.54. The Morgan fingerprint density at radius 1 is 1.39 bits per heavy atom. The third-order valence-corrected chi connectivity index (χ3v) is 4.88. The topological polar surface area (TPSA) is 43.4 Å². The molecule has 2 rings (SSSR count). The molecule has 3 nitrogen and oxygen atoms in total. The SMILES string of the molecule is O=S(=O)(Cl)Cc1ccccc1OC1CCCSC1. The molecule has 18 heavy (non-hydrogen) atoms. The number of thioether (sulfide) groups is 1. The van der Waals surface area contributed by atoms with E-state index < -0.39 is 9.05 Å². The molecule has 0 aromatic heterocycles. The van der Waals surface area contributed by atoms with Crippen LogP contribution in [-0.4, -0.2) is 26.0 Å². The van der Waals surface area contributed by atoms with Gasteiger partial charge in [0.15, 0.2) is 0 Å². The minimum absolute atomic E-state index is 0.169. The summed E-state index contributed by atoms with van der Waals surface area (Å²) in [5.41, 5.74) is 0.628. The van der Waals surface area contributed by atoms with Crippen LogP contribution in [0.4, 0.5) is 0 Å². The zero-order valence-corrected chi connectivity index (χ0v) is 12.2. The fourth-order valence-electron chi connectivity index (χ4n) is 1.91. The molecule has 1 aromatic rings. The summed E-state index contributed by atoms with van der Waals surface area (Å²) >= 11 is 1.87. The molecule has 0 bridgehead atoms. The van der Waals surface area contributed by atoms with Gasteiger partial charge in [-0.15, -0.1) is 0 Å². The Morgan fingerprint density at radius 2 is 2.17 bits per heavy atom. The molecule has 6 heteroatoms. The quantitative estimate of drug-likeness (QED) is 0.802. The first kappa shape index (κ1) is 14.0. The number of hydrogen-bond acceptors (Lipinski definition) is 4. The van der Waals surface area contributed by atoms with Crippen LogP contribution >= 0.6 is 22.4 Å². The largest absolute Gasteiger partial charge is 0.489 e. The van der Waals surface area contributed by atoms with Crippen LogP contribution in [0, 0.1) is 0 Å². The van der Waals surface area contributed by atoms with Gasteiger partial charge in [0.1, 0.15) is 11.9 Å². The Kier molecular flexibility index (Phi) is 4.81. The van der Waals surface area contributed by atoms with Gasteiger partial charge in [0.05, 0.1) is 5.75 Å². The van der Waals surface area contributed by atoms with Crippen molar-refractivity contribution in [2.24, 2.45) is 0 Å². The van der Waals surface area contributed by atoms with Gasteiger partial charge >= 0.3 is 0 Å². The van der Waals surface area contributed by atoms with Gasteiger partial charge in [0.25, 0.3) is 0 Å². The zero-order chi connectivity index (χ0) is 13.0. The number of hydrogen-bond donors (Lipinski definition) is 0. The minimum Gasteiger partial charge on any atom is -0.489 e. The second-order valence-corrected chi connectivity index (χ2v) is 8.17. The molecule has 1 heterocycles. The smallest absolute Gasteiger partial charge is 0.236 e. The molecule has 1 aliphatic heterocycles. The molecule has 1 saturated heterocycles. The lowest BCUT2D eigenvalue weighted by molar-refractivity contribution is 0.210. The molecule has 0 N–H and O–H groups in total. The maximum Gasteiger partial charge on any atom is 0.236 e. The molecule has 0 saturated carbocycles. The van der Waals surface area contributed by atoms with Crippen LogP contribution < -0.4 is 4.74 Å². The van der Waals surface area contributed by atoms with E-state index >= 15 is 0 Å². The summed E-state index contributed by atoms with van der Waals surface area (Å²) in [6.45, 7) is 0. The zero-order valence-electron chi connectivity index (χ0n) is 9.84. The van der Waals surface area contributed by atoms with E-state index in [0.717, 1.165) is 18.6 Å². The summed E-state index contributed by atoms with van der Waals surface area (Å²) in [6, 6.07) is 7.18. The number of halogens is 1. The Hall–Kier alpha value is -0.390. The Balaban J connectivity index is 2.11. The van der Waals surface area contributed by atoms with Gasteiger partial charge in [-0.1, -0.05) is 18.2 Å². The monoisotopic (exact) mass is 306 g/mol. The van der Waals surface area contributed by atoms with E-state index in [9.17, 15) is 8.42 Å². The van der Waals surface area contributed by atoms with E-state index in [2.05, 4.69) is 0 Å². The van der Waals surface area contributed by atoms with Crippen molar-refractivity contribution >= 4 is 31.5 Å². The van der Waals surface area contributed by atoms with Crippen LogP contribution in [0.2, 0.25) is 0 Å². The van der Waals surface area contributed by atoms with E-state index in [1.54, 1.807) is 18.2 Å². The predicted molar refractivity (Wildman–Crippen MR) is 75.9 cm³/mol. The fraction of sp³-hybridized carbons (Fsp3) is 0.500. The molecule has 1 aliphatic rings. The molecule has 0 spiro atoms. The van der Waals surface area contributed by atoms with Crippen LogP contribution in [0.1, 0.15) is 18.4 Å². The maximum absolute atomic E-state index is 11.2. The van der Waals surface area contributed by atoms with Gasteiger partial charge < -0.3 is 4.74 Å². The average Bonchev–Trinajstić information content (AvgIpc) is 2.31. The van der Waals surface area contributed by atoms with Gasteiger partial charge in [0, 0.05) is 22.0 Å². The summed E-state index contributed by atoms with van der Waals surface area (Å²) in [7, 11) is 1.74. The molecule has 0 amide bonds. The Bertz CT molecular complexity index is 496. The lowest BCUT2D eigenvalue weighted by Gasteiger charge is -2.23. The normalized spacial score (nSPS) is 20.6. The highest BCUT2D eigenvalue weighted by molar-refractivity contribution is 8.13. The van der Waals surface area contributed by atoms with Crippen molar-refractivity contribution in [2.75, 3.05) is 11.5 Å². The third-order valence-electron chi connectivity index (χ3n) is 2.71. The Labute approximate surface area is 116 Å². The number of benzene rings is 1.